The van der Waals surface area contributed by atoms with Crippen LogP contribution in [0.25, 0.3) is 0 Å². The fourth-order valence-corrected chi connectivity index (χ4v) is 3.42. The Morgan fingerprint density at radius 1 is 0.955 bits per heavy atom. The van der Waals surface area contributed by atoms with Gasteiger partial charge in [-0.3, -0.25) is 19.2 Å². The van der Waals surface area contributed by atoms with E-state index in [1.807, 2.05) is 0 Å². The highest BCUT2D eigenvalue weighted by Gasteiger charge is 2.35. The zero-order valence-electron chi connectivity index (χ0n) is 10.7. The number of halogens is 1. The number of aromatic nitrogens is 1. The Labute approximate surface area is 135 Å². The number of carbonyl (C=O) groups is 4. The molecule has 0 aromatic carbocycles. The maximum atomic E-state index is 11.2. The minimum absolute atomic E-state index is 0.0876. The third-order valence-corrected chi connectivity index (χ3v) is 4.29. The third kappa shape index (κ3) is 4.49. The second-order valence-electron chi connectivity index (χ2n) is 4.19. The van der Waals surface area contributed by atoms with Crippen LogP contribution in [0.4, 0.5) is 0 Å². The van der Waals surface area contributed by atoms with Gasteiger partial charge in [0, 0.05) is 4.88 Å². The van der Waals surface area contributed by atoms with Crippen LogP contribution in [-0.4, -0.2) is 49.3 Å². The summed E-state index contributed by atoms with van der Waals surface area (Å²) in [6.45, 7) is 0. The lowest BCUT2D eigenvalue weighted by atomic mass is 9.94. The van der Waals surface area contributed by atoms with Gasteiger partial charge in [0.25, 0.3) is 0 Å². The Morgan fingerprint density at radius 2 is 1.41 bits per heavy atom. The van der Waals surface area contributed by atoms with Gasteiger partial charge in [-0.15, -0.1) is 11.3 Å². The molecule has 0 fully saturated rings. The van der Waals surface area contributed by atoms with Crippen molar-refractivity contribution >= 4 is 51.1 Å². The van der Waals surface area contributed by atoms with Gasteiger partial charge in [-0.1, -0.05) is 0 Å². The molecular weight excluding hydrogens is 386 g/mol. The van der Waals surface area contributed by atoms with Crippen molar-refractivity contribution in [1.29, 1.82) is 0 Å². The molecule has 0 aliphatic rings. The Balaban J connectivity index is 3.36. The monoisotopic (exact) mass is 395 g/mol. The van der Waals surface area contributed by atoms with Gasteiger partial charge in [-0.05, 0) is 15.9 Å². The zero-order valence-corrected chi connectivity index (χ0v) is 13.1. The van der Waals surface area contributed by atoms with Gasteiger partial charge in [0.05, 0.1) is 18.5 Å². The lowest BCUT2D eigenvalue weighted by Crippen LogP contribution is -2.21. The number of carboxylic acids is 4. The van der Waals surface area contributed by atoms with E-state index in [1.165, 1.54) is 0 Å². The maximum absolute atomic E-state index is 11.2. The predicted octanol–water partition coefficient (Wildman–Crippen LogP) is 1.19. The third-order valence-electron chi connectivity index (χ3n) is 2.66. The summed E-state index contributed by atoms with van der Waals surface area (Å²) in [6.07, 6.45) is -1.56. The van der Waals surface area contributed by atoms with E-state index < -0.39 is 48.6 Å². The van der Waals surface area contributed by atoms with E-state index in [0.29, 0.717) is 0 Å². The van der Waals surface area contributed by atoms with E-state index in [9.17, 15) is 19.2 Å². The number of hydrogen-bond acceptors (Lipinski definition) is 6. The standard InChI is InChI=1S/C11H10BrNO8S/c12-11-13-7(3(9(18)19)1-5(14)15)8(22-11)4(10(20)21)2-6(16)17/h3-4H,1-2H2,(H,14,15)(H,16,17)(H,18,19)(H,20,21). The molecule has 9 nitrogen and oxygen atoms in total. The average molecular weight is 396 g/mol. The fraction of sp³-hybridized carbons (Fsp3) is 0.364. The van der Waals surface area contributed by atoms with Gasteiger partial charge < -0.3 is 20.4 Å². The van der Waals surface area contributed by atoms with Crippen LogP contribution < -0.4 is 0 Å². The predicted molar refractivity (Wildman–Crippen MR) is 75.1 cm³/mol. The molecule has 0 bridgehead atoms. The van der Waals surface area contributed by atoms with Crippen LogP contribution in [0.5, 0.6) is 0 Å². The van der Waals surface area contributed by atoms with Crippen molar-refractivity contribution in [3.63, 3.8) is 0 Å². The quantitative estimate of drug-likeness (QED) is 0.506. The van der Waals surface area contributed by atoms with Crippen molar-refractivity contribution < 1.29 is 39.6 Å². The number of hydrogen-bond donors (Lipinski definition) is 4. The van der Waals surface area contributed by atoms with Crippen molar-refractivity contribution in [2.24, 2.45) is 0 Å². The zero-order chi connectivity index (χ0) is 17.0. The second kappa shape index (κ2) is 7.31. The Hall–Kier alpha value is -2.01. The first-order chi connectivity index (χ1) is 10.1. The molecule has 1 aromatic heterocycles. The van der Waals surface area contributed by atoms with Crippen LogP contribution in [0.2, 0.25) is 0 Å². The number of aliphatic carboxylic acids is 4. The van der Waals surface area contributed by atoms with Gasteiger partial charge in [0.1, 0.15) is 11.8 Å². The Morgan fingerprint density at radius 3 is 1.82 bits per heavy atom. The SMILES string of the molecule is O=C(O)CC(C(=O)O)c1nc(Br)sc1C(CC(=O)O)C(=O)O. The summed E-state index contributed by atoms with van der Waals surface area (Å²) >= 11 is 3.75. The van der Waals surface area contributed by atoms with Crippen molar-refractivity contribution in [3.05, 3.63) is 14.5 Å². The van der Waals surface area contributed by atoms with E-state index in [2.05, 4.69) is 20.9 Å². The minimum atomic E-state index is -1.56. The highest BCUT2D eigenvalue weighted by atomic mass is 79.9. The lowest BCUT2D eigenvalue weighted by molar-refractivity contribution is -0.146. The van der Waals surface area contributed by atoms with E-state index >= 15 is 0 Å². The molecule has 0 saturated heterocycles. The van der Waals surface area contributed by atoms with E-state index in [0.717, 1.165) is 11.3 Å². The topological polar surface area (TPSA) is 162 Å². The van der Waals surface area contributed by atoms with Gasteiger partial charge >= 0.3 is 23.9 Å². The Kier molecular flexibility index (Phi) is 6.00. The summed E-state index contributed by atoms with van der Waals surface area (Å²) in [5.74, 6) is -8.79. The number of nitrogens with zero attached hydrogens (tertiary/aromatic N) is 1. The molecule has 0 aliphatic heterocycles. The summed E-state index contributed by atoms with van der Waals surface area (Å²) in [7, 11) is 0. The summed E-state index contributed by atoms with van der Waals surface area (Å²) in [6, 6.07) is 0. The highest BCUT2D eigenvalue weighted by Crippen LogP contribution is 2.37. The van der Waals surface area contributed by atoms with Crippen molar-refractivity contribution in [2.75, 3.05) is 0 Å². The summed E-state index contributed by atoms with van der Waals surface area (Å²) in [4.78, 5) is 47.8. The molecule has 0 saturated carbocycles. The van der Waals surface area contributed by atoms with Crippen LogP contribution in [0.15, 0.2) is 3.92 Å². The molecule has 120 valence electrons. The van der Waals surface area contributed by atoms with Gasteiger partial charge in [0.2, 0.25) is 0 Å². The molecule has 1 rings (SSSR count). The summed E-state index contributed by atoms with van der Waals surface area (Å²) in [5.41, 5.74) is -0.250. The molecule has 22 heavy (non-hydrogen) atoms. The van der Waals surface area contributed by atoms with Crippen LogP contribution in [0, 0.1) is 0 Å². The molecular formula is C11H10BrNO8S. The molecule has 1 aromatic rings. The van der Waals surface area contributed by atoms with Crippen LogP contribution in [0.1, 0.15) is 35.2 Å². The number of thiazole rings is 1. The molecule has 4 N–H and O–H groups in total. The second-order valence-corrected chi connectivity index (χ2v) is 6.50. The molecule has 0 aliphatic carbocycles. The van der Waals surface area contributed by atoms with Gasteiger partial charge in [-0.25, -0.2) is 4.98 Å². The Bertz CT molecular complexity index is 576. The van der Waals surface area contributed by atoms with Crippen LogP contribution in [0.3, 0.4) is 0 Å². The van der Waals surface area contributed by atoms with E-state index in [4.69, 9.17) is 20.4 Å². The first kappa shape index (κ1) is 18.0. The lowest BCUT2D eigenvalue weighted by Gasteiger charge is -2.13. The summed E-state index contributed by atoms with van der Waals surface area (Å²) in [5, 5.41) is 35.8. The molecule has 2 unspecified atom stereocenters. The average Bonchev–Trinajstić information content (AvgIpc) is 2.73. The molecule has 2 atom stereocenters. The molecule has 11 heteroatoms. The van der Waals surface area contributed by atoms with Gasteiger partial charge in [-0.2, -0.15) is 0 Å². The number of carboxylic acid groups (broad SMARTS) is 4. The van der Waals surface area contributed by atoms with Crippen LogP contribution >= 0.6 is 27.3 Å². The normalized spacial score (nSPS) is 13.3. The largest absolute Gasteiger partial charge is 0.481 e. The molecule has 0 amide bonds. The van der Waals surface area contributed by atoms with Gasteiger partial charge in [0.15, 0.2) is 3.92 Å². The molecule has 1 heterocycles. The summed E-state index contributed by atoms with van der Waals surface area (Å²) < 4.78 is 0.144. The van der Waals surface area contributed by atoms with E-state index in [-0.39, 0.29) is 14.5 Å². The maximum Gasteiger partial charge on any atom is 0.313 e. The van der Waals surface area contributed by atoms with Crippen molar-refractivity contribution in [3.8, 4) is 0 Å². The van der Waals surface area contributed by atoms with Crippen molar-refractivity contribution in [1.82, 2.24) is 4.98 Å². The number of rotatable bonds is 8. The first-order valence-corrected chi connectivity index (χ1v) is 7.29. The van der Waals surface area contributed by atoms with Crippen molar-refractivity contribution in [2.45, 2.75) is 24.7 Å². The van der Waals surface area contributed by atoms with Crippen LogP contribution in [-0.2, 0) is 19.2 Å². The van der Waals surface area contributed by atoms with E-state index in [1.54, 1.807) is 0 Å². The molecule has 0 radical (unpaired) electrons. The smallest absolute Gasteiger partial charge is 0.313 e. The fourth-order valence-electron chi connectivity index (χ4n) is 1.76. The first-order valence-electron chi connectivity index (χ1n) is 5.68. The molecule has 0 spiro atoms. The highest BCUT2D eigenvalue weighted by molar-refractivity contribution is 9.11. The minimum Gasteiger partial charge on any atom is -0.481 e.